The molecule has 3 rings (SSSR count). The minimum absolute atomic E-state index is 0.0569. The van der Waals surface area contributed by atoms with Crippen LogP contribution in [0.25, 0.3) is 0 Å². The summed E-state index contributed by atoms with van der Waals surface area (Å²) in [6, 6.07) is 11.2. The van der Waals surface area contributed by atoms with Gasteiger partial charge in [-0.3, -0.25) is 9.59 Å². The number of benzene rings is 2. The molecule has 38 heavy (non-hydrogen) atoms. The van der Waals surface area contributed by atoms with Crippen LogP contribution in [0.5, 0.6) is 5.75 Å². The summed E-state index contributed by atoms with van der Waals surface area (Å²) >= 11 is 0. The predicted octanol–water partition coefficient (Wildman–Crippen LogP) is 3.31. The molecule has 0 aromatic heterocycles. The van der Waals surface area contributed by atoms with Crippen LogP contribution >= 0.6 is 0 Å². The number of halogens is 1. The van der Waals surface area contributed by atoms with Crippen molar-refractivity contribution in [2.45, 2.75) is 57.7 Å². The molecule has 9 nitrogen and oxygen atoms in total. The molecule has 0 saturated heterocycles. The van der Waals surface area contributed by atoms with Gasteiger partial charge in [-0.25, -0.2) is 8.70 Å². The molecule has 2 aromatic carbocycles. The zero-order valence-corrected chi connectivity index (χ0v) is 23.2. The summed E-state index contributed by atoms with van der Waals surface area (Å²) in [5.74, 6) is -0.741. The Labute approximate surface area is 224 Å². The topological polar surface area (TPSA) is 99.3 Å². The molecule has 0 heterocycles. The van der Waals surface area contributed by atoms with E-state index in [2.05, 4.69) is 5.32 Å². The molecular weight excluding hydrogens is 511 g/mol. The third kappa shape index (κ3) is 7.44. The molecule has 0 spiro atoms. The van der Waals surface area contributed by atoms with Crippen LogP contribution in [0, 0.1) is 5.82 Å². The van der Waals surface area contributed by atoms with Gasteiger partial charge in [0.15, 0.2) is 0 Å². The summed E-state index contributed by atoms with van der Waals surface area (Å²) in [5, 5.41) is 3.06. The summed E-state index contributed by atoms with van der Waals surface area (Å²) in [4.78, 5) is 28.4. The Hall–Kier alpha value is -3.18. The molecule has 208 valence electrons. The van der Waals surface area contributed by atoms with Crippen molar-refractivity contribution in [3.8, 4) is 5.75 Å². The van der Waals surface area contributed by atoms with Crippen molar-refractivity contribution in [1.29, 1.82) is 0 Å². The molecule has 1 N–H and O–H groups in total. The lowest BCUT2D eigenvalue weighted by Gasteiger charge is -2.34. The van der Waals surface area contributed by atoms with Gasteiger partial charge in [0.2, 0.25) is 11.8 Å². The number of rotatable bonds is 11. The molecule has 1 fully saturated rings. The predicted molar refractivity (Wildman–Crippen MR) is 144 cm³/mol. The van der Waals surface area contributed by atoms with Crippen LogP contribution in [0.2, 0.25) is 0 Å². The first-order valence-corrected chi connectivity index (χ1v) is 14.1. The first-order chi connectivity index (χ1) is 18.0. The smallest absolute Gasteiger partial charge is 0.304 e. The molecule has 0 radical (unpaired) electrons. The molecule has 2 amide bonds. The van der Waals surface area contributed by atoms with E-state index >= 15 is 0 Å². The third-order valence-electron chi connectivity index (χ3n) is 6.76. The number of methoxy groups -OCH3 is 1. The van der Waals surface area contributed by atoms with Crippen LogP contribution in [0.15, 0.2) is 48.5 Å². The van der Waals surface area contributed by atoms with Crippen molar-refractivity contribution < 1.29 is 27.1 Å². The quantitative estimate of drug-likeness (QED) is 0.465. The van der Waals surface area contributed by atoms with Crippen LogP contribution in [-0.2, 0) is 26.3 Å². The highest BCUT2D eigenvalue weighted by molar-refractivity contribution is 7.90. The fourth-order valence-corrected chi connectivity index (χ4v) is 5.46. The van der Waals surface area contributed by atoms with Gasteiger partial charge in [-0.1, -0.05) is 31.4 Å². The largest absolute Gasteiger partial charge is 0.497 e. The monoisotopic (exact) mass is 548 g/mol. The molecule has 11 heteroatoms. The fourth-order valence-electron chi connectivity index (χ4n) is 4.40. The summed E-state index contributed by atoms with van der Waals surface area (Å²) in [6.07, 6.45) is 5.02. The van der Waals surface area contributed by atoms with E-state index in [1.165, 1.54) is 31.1 Å². The van der Waals surface area contributed by atoms with E-state index in [4.69, 9.17) is 4.74 Å². The van der Waals surface area contributed by atoms with Gasteiger partial charge in [0.25, 0.3) is 0 Å². The number of anilines is 1. The molecule has 0 aliphatic heterocycles. The fraction of sp³-hybridized carbons (Fsp3) is 0.481. The minimum atomic E-state index is -4.10. The van der Waals surface area contributed by atoms with E-state index in [1.54, 1.807) is 38.3 Å². The van der Waals surface area contributed by atoms with Gasteiger partial charge in [-0.15, -0.1) is 0 Å². The molecule has 0 bridgehead atoms. The van der Waals surface area contributed by atoms with E-state index in [1.807, 2.05) is 0 Å². The Balaban J connectivity index is 1.90. The lowest BCUT2D eigenvalue weighted by atomic mass is 9.95. The van der Waals surface area contributed by atoms with Gasteiger partial charge in [0.1, 0.15) is 24.2 Å². The van der Waals surface area contributed by atoms with Crippen molar-refractivity contribution in [3.05, 3.63) is 59.9 Å². The van der Waals surface area contributed by atoms with Crippen LogP contribution in [-0.4, -0.2) is 69.3 Å². The number of amides is 2. The highest BCUT2D eigenvalue weighted by Gasteiger charge is 2.33. The van der Waals surface area contributed by atoms with Gasteiger partial charge >= 0.3 is 10.2 Å². The van der Waals surface area contributed by atoms with Crippen molar-refractivity contribution in [1.82, 2.24) is 14.5 Å². The van der Waals surface area contributed by atoms with Crippen molar-refractivity contribution in [2.24, 2.45) is 0 Å². The molecule has 1 aliphatic rings. The number of nitrogens with one attached hydrogen (secondary N) is 1. The normalized spacial score (nSPS) is 15.1. The molecule has 1 saturated carbocycles. The van der Waals surface area contributed by atoms with Crippen molar-refractivity contribution in [2.75, 3.05) is 32.1 Å². The summed E-state index contributed by atoms with van der Waals surface area (Å²) in [6.45, 7) is 1.16. The maximum absolute atomic E-state index is 13.8. The average molecular weight is 549 g/mol. The second-order valence-electron chi connectivity index (χ2n) is 9.66. The number of hydrogen-bond acceptors (Lipinski definition) is 5. The van der Waals surface area contributed by atoms with E-state index in [-0.39, 0.29) is 24.2 Å². The van der Waals surface area contributed by atoms with Crippen LogP contribution in [0.4, 0.5) is 10.1 Å². The molecule has 1 aliphatic carbocycles. The Morgan fingerprint density at radius 1 is 1.03 bits per heavy atom. The highest BCUT2D eigenvalue weighted by atomic mass is 32.2. The standard InChI is InChI=1S/C27H37FN4O5S/c1-20(27(34)29-23-8-6-5-7-9-23)31(18-21-10-16-25(37-4)17-11-21)26(33)19-32(38(35,36)30(2)3)24-14-12-22(28)13-15-24/h10-17,20,23H,5-9,18-19H2,1-4H3,(H,29,34)/t20-/m1/s1. The van der Waals surface area contributed by atoms with E-state index in [0.29, 0.717) is 5.75 Å². The maximum atomic E-state index is 13.8. The second-order valence-corrected chi connectivity index (χ2v) is 11.7. The van der Waals surface area contributed by atoms with Crippen molar-refractivity contribution in [3.63, 3.8) is 0 Å². The number of hydrogen-bond donors (Lipinski definition) is 1. The van der Waals surface area contributed by atoms with Gasteiger partial charge in [0, 0.05) is 26.7 Å². The SMILES string of the molecule is COc1ccc(CN(C(=O)CN(c2ccc(F)cc2)S(=O)(=O)N(C)C)[C@H](C)C(=O)NC2CCCCC2)cc1. The average Bonchev–Trinajstić information content (AvgIpc) is 2.91. The number of nitrogens with zero attached hydrogens (tertiary/aromatic N) is 3. The van der Waals surface area contributed by atoms with Gasteiger partial charge in [0.05, 0.1) is 12.8 Å². The molecule has 1 atom stereocenters. The van der Waals surface area contributed by atoms with Crippen LogP contribution in [0.3, 0.4) is 0 Å². The maximum Gasteiger partial charge on any atom is 0.304 e. The second kappa shape index (κ2) is 13.1. The van der Waals surface area contributed by atoms with Gasteiger partial charge in [-0.05, 0) is 61.7 Å². The minimum Gasteiger partial charge on any atom is -0.497 e. The molecule has 2 aromatic rings. The summed E-state index contributed by atoms with van der Waals surface area (Å²) < 4.78 is 47.0. The van der Waals surface area contributed by atoms with Crippen LogP contribution in [0.1, 0.15) is 44.6 Å². The lowest BCUT2D eigenvalue weighted by Crippen LogP contribution is -2.53. The zero-order valence-electron chi connectivity index (χ0n) is 22.4. The first kappa shape index (κ1) is 29.4. The van der Waals surface area contributed by atoms with E-state index < -0.39 is 34.5 Å². The highest BCUT2D eigenvalue weighted by Crippen LogP contribution is 2.22. The number of carbonyl (C=O) groups is 2. The van der Waals surface area contributed by atoms with Gasteiger partial charge in [-0.2, -0.15) is 12.7 Å². The van der Waals surface area contributed by atoms with E-state index in [9.17, 15) is 22.4 Å². The lowest BCUT2D eigenvalue weighted by molar-refractivity contribution is -0.139. The Bertz CT molecular complexity index is 1180. The van der Waals surface area contributed by atoms with Crippen molar-refractivity contribution >= 4 is 27.7 Å². The summed E-state index contributed by atoms with van der Waals surface area (Å²) in [7, 11) is 0.155. The third-order valence-corrected chi connectivity index (χ3v) is 8.58. The Morgan fingerprint density at radius 2 is 1.63 bits per heavy atom. The zero-order chi connectivity index (χ0) is 27.9. The first-order valence-electron chi connectivity index (χ1n) is 12.7. The van der Waals surface area contributed by atoms with Crippen LogP contribution < -0.4 is 14.4 Å². The Morgan fingerprint density at radius 3 is 2.18 bits per heavy atom. The number of carbonyl (C=O) groups excluding carboxylic acids is 2. The van der Waals surface area contributed by atoms with E-state index in [0.717, 1.165) is 58.4 Å². The summed E-state index contributed by atoms with van der Waals surface area (Å²) in [5.41, 5.74) is 0.887. The Kier molecular flexibility index (Phi) is 10.1. The van der Waals surface area contributed by atoms with Gasteiger partial charge < -0.3 is 15.0 Å². The number of ether oxygens (including phenoxy) is 1. The molecular formula is C27H37FN4O5S. The molecule has 0 unspecified atom stereocenters.